The number of amides is 2. The molecule has 1 saturated heterocycles. The number of anilines is 2. The second kappa shape index (κ2) is 10.5. The van der Waals surface area contributed by atoms with Crippen molar-refractivity contribution in [3.63, 3.8) is 0 Å². The maximum Gasteiger partial charge on any atom is 0.401 e. The Labute approximate surface area is 211 Å². The molecule has 1 aromatic carbocycles. The fourth-order valence-electron chi connectivity index (χ4n) is 4.30. The summed E-state index contributed by atoms with van der Waals surface area (Å²) in [6, 6.07) is 7.54. The lowest BCUT2D eigenvalue weighted by Gasteiger charge is -2.26. The molecule has 0 radical (unpaired) electrons. The normalized spacial score (nSPS) is 17.4. The Kier molecular flexibility index (Phi) is 7.11. The Morgan fingerprint density at radius 2 is 1.73 bits per heavy atom. The number of carbonyl (C=O) groups is 1. The van der Waals surface area contributed by atoms with Gasteiger partial charge in [0.1, 0.15) is 11.2 Å². The van der Waals surface area contributed by atoms with E-state index in [1.54, 1.807) is 24.5 Å². The molecule has 9 nitrogen and oxygen atoms in total. The van der Waals surface area contributed by atoms with E-state index in [9.17, 15) is 18.0 Å². The van der Waals surface area contributed by atoms with Crippen molar-refractivity contribution in [1.82, 2.24) is 20.0 Å². The molecule has 3 aromatic rings. The van der Waals surface area contributed by atoms with E-state index in [1.807, 2.05) is 12.1 Å². The summed E-state index contributed by atoms with van der Waals surface area (Å²) < 4.78 is 49.9. The Morgan fingerprint density at radius 3 is 2.38 bits per heavy atom. The van der Waals surface area contributed by atoms with Gasteiger partial charge in [-0.25, -0.2) is 14.8 Å². The number of nitrogens with one attached hydrogen (secondary N) is 2. The second-order valence-electron chi connectivity index (χ2n) is 9.26. The van der Waals surface area contributed by atoms with Gasteiger partial charge in [0.2, 0.25) is 0 Å². The molecule has 12 heteroatoms. The van der Waals surface area contributed by atoms with Crippen molar-refractivity contribution in [3.8, 4) is 11.1 Å². The number of ether oxygens (including phenoxy) is 1. The van der Waals surface area contributed by atoms with E-state index in [0.717, 1.165) is 68.7 Å². The molecule has 2 aliphatic rings. The van der Waals surface area contributed by atoms with Crippen molar-refractivity contribution in [2.24, 2.45) is 0 Å². The molecule has 3 heterocycles. The molecule has 0 unspecified atom stereocenters. The second-order valence-corrected chi connectivity index (χ2v) is 9.26. The molecule has 5 rings (SSSR count). The van der Waals surface area contributed by atoms with E-state index in [1.165, 1.54) is 0 Å². The van der Waals surface area contributed by atoms with Gasteiger partial charge in [0.05, 0.1) is 13.2 Å². The van der Waals surface area contributed by atoms with Crippen molar-refractivity contribution in [3.05, 3.63) is 54.3 Å². The number of benzene rings is 1. The van der Waals surface area contributed by atoms with Crippen molar-refractivity contribution in [2.75, 3.05) is 43.5 Å². The third-order valence-electron chi connectivity index (χ3n) is 6.68. The van der Waals surface area contributed by atoms with Crippen molar-refractivity contribution >= 4 is 17.5 Å². The largest absolute Gasteiger partial charge is 0.401 e. The summed E-state index contributed by atoms with van der Waals surface area (Å²) in [5, 5.41) is 8.58. The van der Waals surface area contributed by atoms with Gasteiger partial charge in [-0.3, -0.25) is 10.2 Å². The quantitative estimate of drug-likeness (QED) is 0.450. The Balaban J connectivity index is 1.11. The number of rotatable bonds is 8. The average Bonchev–Trinajstić information content (AvgIpc) is 3.59. The zero-order valence-electron chi connectivity index (χ0n) is 20.1. The summed E-state index contributed by atoms with van der Waals surface area (Å²) in [6.07, 6.45) is 0.839. The van der Waals surface area contributed by atoms with Crippen LogP contribution in [-0.4, -0.2) is 65.1 Å². The molecule has 0 atom stereocenters. The van der Waals surface area contributed by atoms with Crippen molar-refractivity contribution in [1.29, 1.82) is 0 Å². The molecule has 0 spiro atoms. The number of carbonyl (C=O) groups excluding carboxylic acids is 1. The van der Waals surface area contributed by atoms with Crippen LogP contribution in [0.3, 0.4) is 0 Å². The zero-order valence-corrected chi connectivity index (χ0v) is 20.1. The molecular formula is C25H27F3N6O3. The number of halogens is 3. The minimum absolute atomic E-state index is 0.0492. The lowest BCUT2D eigenvalue weighted by atomic mass is 10.0. The van der Waals surface area contributed by atoms with Crippen LogP contribution in [0, 0.1) is 0 Å². The first-order valence-electron chi connectivity index (χ1n) is 12.2. The highest BCUT2D eigenvalue weighted by Crippen LogP contribution is 2.59. The van der Waals surface area contributed by atoms with Gasteiger partial charge in [-0.15, -0.1) is 0 Å². The van der Waals surface area contributed by atoms with Crippen LogP contribution in [0.15, 0.2) is 47.2 Å². The molecule has 196 valence electrons. The lowest BCUT2D eigenvalue weighted by molar-refractivity contribution is -0.165. The van der Waals surface area contributed by atoms with E-state index in [-0.39, 0.29) is 24.4 Å². The molecule has 2 N–H and O–H groups in total. The highest BCUT2D eigenvalue weighted by atomic mass is 19.4. The van der Waals surface area contributed by atoms with E-state index in [4.69, 9.17) is 9.26 Å². The van der Waals surface area contributed by atoms with Crippen LogP contribution in [0.5, 0.6) is 0 Å². The summed E-state index contributed by atoms with van der Waals surface area (Å²) >= 11 is 0. The van der Waals surface area contributed by atoms with Crippen LogP contribution in [0.4, 0.5) is 29.5 Å². The minimum atomic E-state index is -4.41. The maximum atomic E-state index is 13.2. The van der Waals surface area contributed by atoms with E-state index >= 15 is 0 Å². The Bertz CT molecular complexity index is 1200. The number of urea groups is 1. The summed E-state index contributed by atoms with van der Waals surface area (Å²) in [6.45, 7) is 4.52. The zero-order chi connectivity index (χ0) is 25.9. The number of morpholine rings is 1. The number of hydrogen-bond acceptors (Lipinski definition) is 7. The maximum absolute atomic E-state index is 13.2. The van der Waals surface area contributed by atoms with Crippen LogP contribution >= 0.6 is 0 Å². The number of aryl methyl sites for hydroxylation is 1. The Hall–Kier alpha value is -3.51. The molecule has 0 bridgehead atoms. The lowest BCUT2D eigenvalue weighted by Crippen LogP contribution is -2.37. The predicted octanol–water partition coefficient (Wildman–Crippen LogP) is 4.63. The average molecular weight is 517 g/mol. The van der Waals surface area contributed by atoms with E-state index in [0.29, 0.717) is 5.69 Å². The highest BCUT2D eigenvalue weighted by molar-refractivity contribution is 5.99. The summed E-state index contributed by atoms with van der Waals surface area (Å²) in [4.78, 5) is 23.6. The van der Waals surface area contributed by atoms with Crippen molar-refractivity contribution < 1.29 is 27.2 Å². The van der Waals surface area contributed by atoms with Crippen LogP contribution < -0.4 is 10.6 Å². The third-order valence-corrected chi connectivity index (χ3v) is 6.68. The molecule has 37 heavy (non-hydrogen) atoms. The number of alkyl halides is 3. The summed E-state index contributed by atoms with van der Waals surface area (Å²) in [5.41, 5.74) is 0.243. The first-order valence-corrected chi connectivity index (χ1v) is 12.2. The van der Waals surface area contributed by atoms with Gasteiger partial charge in [0, 0.05) is 49.2 Å². The summed E-state index contributed by atoms with van der Waals surface area (Å²) in [5.74, 6) is 0.428. The number of nitrogens with zero attached hydrogens (tertiary/aromatic N) is 4. The van der Waals surface area contributed by atoms with Gasteiger partial charge in [-0.2, -0.15) is 13.2 Å². The van der Waals surface area contributed by atoms with Crippen LogP contribution in [0.1, 0.15) is 30.8 Å². The Morgan fingerprint density at radius 1 is 1.03 bits per heavy atom. The predicted molar refractivity (Wildman–Crippen MR) is 129 cm³/mol. The molecule has 1 aliphatic heterocycles. The monoisotopic (exact) mass is 516 g/mol. The highest BCUT2D eigenvalue weighted by Gasteiger charge is 2.66. The SMILES string of the molecule is O=C(Nc1ccc(-c2cnc(CCCN3CCOCC3)nc2)cc1)Nc1cc(C2(C(F)(F)F)CC2)on1. The van der Waals surface area contributed by atoms with Crippen LogP contribution in [0.25, 0.3) is 11.1 Å². The smallest absolute Gasteiger partial charge is 0.379 e. The van der Waals surface area contributed by atoms with Gasteiger partial charge in [-0.05, 0) is 43.5 Å². The number of aromatic nitrogens is 3. The molecule has 2 amide bonds. The minimum Gasteiger partial charge on any atom is -0.379 e. The first-order chi connectivity index (χ1) is 17.8. The third kappa shape index (κ3) is 5.91. The van der Waals surface area contributed by atoms with Gasteiger partial charge in [0.15, 0.2) is 11.6 Å². The summed E-state index contributed by atoms with van der Waals surface area (Å²) in [7, 11) is 0. The topological polar surface area (TPSA) is 105 Å². The molecule has 2 fully saturated rings. The molecular weight excluding hydrogens is 489 g/mol. The molecule has 2 aromatic heterocycles. The standard InChI is InChI=1S/C25H27F3N6O3/c26-25(27,28)24(7-8-24)20-14-22(33-37-20)32-23(35)31-19-5-3-17(4-6-19)18-15-29-21(30-16-18)2-1-9-34-10-12-36-13-11-34/h3-6,14-16H,1-2,7-13H2,(H2,31,32,33,35). The fourth-order valence-corrected chi connectivity index (χ4v) is 4.30. The van der Waals surface area contributed by atoms with Crippen molar-refractivity contribution in [2.45, 2.75) is 37.3 Å². The van der Waals surface area contributed by atoms with Gasteiger partial charge in [-0.1, -0.05) is 17.3 Å². The van der Waals surface area contributed by atoms with Gasteiger partial charge in [0.25, 0.3) is 0 Å². The molecule has 1 saturated carbocycles. The fraction of sp³-hybridized carbons (Fsp3) is 0.440. The van der Waals surface area contributed by atoms with Gasteiger partial charge < -0.3 is 14.6 Å². The van der Waals surface area contributed by atoms with E-state index in [2.05, 4.69) is 30.7 Å². The molecule has 1 aliphatic carbocycles. The van der Waals surface area contributed by atoms with E-state index < -0.39 is 17.6 Å². The van der Waals surface area contributed by atoms with Gasteiger partial charge >= 0.3 is 12.2 Å². The first kappa shape index (κ1) is 25.2. The van der Waals surface area contributed by atoms with Crippen LogP contribution in [-0.2, 0) is 16.6 Å². The van der Waals surface area contributed by atoms with Crippen LogP contribution in [0.2, 0.25) is 0 Å². The number of hydrogen-bond donors (Lipinski definition) is 2.